The van der Waals surface area contributed by atoms with Crippen molar-refractivity contribution in [2.75, 3.05) is 0 Å². The van der Waals surface area contributed by atoms with E-state index in [1.165, 1.54) is 0 Å². The lowest BCUT2D eigenvalue weighted by molar-refractivity contribution is 0.604. The zero-order valence-electron chi connectivity index (χ0n) is 6.27. The predicted octanol–water partition coefficient (Wildman–Crippen LogP) is 3.44. The summed E-state index contributed by atoms with van der Waals surface area (Å²) in [4.78, 5) is 3.99. The second kappa shape index (κ2) is 2.64. The summed E-state index contributed by atoms with van der Waals surface area (Å²) in [7, 11) is 0. The van der Waals surface area contributed by atoms with Crippen molar-refractivity contribution in [3.8, 4) is 0 Å². The molecule has 0 fully saturated rings. The maximum Gasteiger partial charge on any atom is 0.293 e. The molecule has 1 heterocycles. The molecule has 2 rings (SSSR count). The molecule has 0 spiro atoms. The molecule has 0 unspecified atom stereocenters. The molecule has 0 aliphatic heterocycles. The Morgan fingerprint density at radius 1 is 1.33 bits per heavy atom. The van der Waals surface area contributed by atoms with E-state index in [1.807, 2.05) is 13.0 Å². The summed E-state index contributed by atoms with van der Waals surface area (Å²) in [5, 5.41) is 0.781. The number of oxazole rings is 1. The van der Waals surface area contributed by atoms with Gasteiger partial charge in [-0.2, -0.15) is 4.98 Å². The van der Waals surface area contributed by atoms with Crippen LogP contribution in [0.4, 0.5) is 0 Å². The predicted molar refractivity (Wildman–Crippen MR) is 48.8 cm³/mol. The van der Waals surface area contributed by atoms with Gasteiger partial charge in [-0.1, -0.05) is 11.6 Å². The summed E-state index contributed by atoms with van der Waals surface area (Å²) in [6.45, 7) is 1.91. The number of nitrogens with zero attached hydrogens (tertiary/aromatic N) is 1. The van der Waals surface area contributed by atoms with Gasteiger partial charge in [0.25, 0.3) is 5.35 Å². The molecule has 0 saturated carbocycles. The molecular formula is C8H5Cl2NO. The average molecular weight is 202 g/mol. The standard InChI is InChI=1S/C8H5Cl2NO/c1-4-2-5(9)3-6-7(4)11-8(10)12-6/h2-3H,1H3. The molecule has 1 aromatic carbocycles. The van der Waals surface area contributed by atoms with Gasteiger partial charge in [-0.15, -0.1) is 0 Å². The van der Waals surface area contributed by atoms with E-state index in [9.17, 15) is 0 Å². The third-order valence-corrected chi connectivity index (χ3v) is 2.00. The third-order valence-electron chi connectivity index (χ3n) is 1.62. The summed E-state index contributed by atoms with van der Waals surface area (Å²) in [5.74, 6) is 0. The molecule has 2 nitrogen and oxygen atoms in total. The fourth-order valence-electron chi connectivity index (χ4n) is 1.13. The summed E-state index contributed by atoms with van der Waals surface area (Å²) in [5.41, 5.74) is 2.36. The Hall–Kier alpha value is -0.730. The highest BCUT2D eigenvalue weighted by molar-refractivity contribution is 6.31. The van der Waals surface area contributed by atoms with Crippen LogP contribution in [0.3, 0.4) is 0 Å². The number of aryl methyl sites for hydroxylation is 1. The Kier molecular flexibility index (Phi) is 1.74. The second-order valence-corrected chi connectivity index (χ2v) is 3.30. The maximum absolute atomic E-state index is 5.80. The van der Waals surface area contributed by atoms with Gasteiger partial charge in [0.1, 0.15) is 5.52 Å². The van der Waals surface area contributed by atoms with Gasteiger partial charge in [-0.3, -0.25) is 0 Å². The van der Waals surface area contributed by atoms with Crippen LogP contribution in [0.5, 0.6) is 0 Å². The van der Waals surface area contributed by atoms with E-state index in [2.05, 4.69) is 4.98 Å². The van der Waals surface area contributed by atoms with E-state index in [1.54, 1.807) is 6.07 Å². The van der Waals surface area contributed by atoms with E-state index >= 15 is 0 Å². The molecule has 0 aliphatic carbocycles. The number of fused-ring (bicyclic) bond motifs is 1. The van der Waals surface area contributed by atoms with Crippen molar-refractivity contribution in [1.29, 1.82) is 0 Å². The minimum atomic E-state index is 0.148. The highest BCUT2D eigenvalue weighted by atomic mass is 35.5. The molecule has 1 aromatic heterocycles. The molecule has 0 saturated heterocycles. The van der Waals surface area contributed by atoms with Crippen molar-refractivity contribution < 1.29 is 4.42 Å². The first-order valence-corrected chi connectivity index (χ1v) is 4.14. The van der Waals surface area contributed by atoms with Crippen LogP contribution in [0.1, 0.15) is 5.56 Å². The first-order chi connectivity index (χ1) is 5.66. The molecule has 0 N–H and O–H groups in total. The summed E-state index contributed by atoms with van der Waals surface area (Å²) in [6.07, 6.45) is 0. The Morgan fingerprint density at radius 3 is 2.83 bits per heavy atom. The molecule has 0 atom stereocenters. The first-order valence-electron chi connectivity index (χ1n) is 3.39. The number of rotatable bonds is 0. The monoisotopic (exact) mass is 201 g/mol. The van der Waals surface area contributed by atoms with Crippen LogP contribution in [0.2, 0.25) is 10.4 Å². The van der Waals surface area contributed by atoms with E-state index in [-0.39, 0.29) is 5.35 Å². The van der Waals surface area contributed by atoms with Crippen molar-refractivity contribution >= 4 is 34.3 Å². The topological polar surface area (TPSA) is 26.0 Å². The number of halogens is 2. The second-order valence-electron chi connectivity index (χ2n) is 2.54. The van der Waals surface area contributed by atoms with Gasteiger partial charge in [-0.05, 0) is 30.2 Å². The Balaban J connectivity index is 2.88. The van der Waals surface area contributed by atoms with Crippen molar-refractivity contribution in [1.82, 2.24) is 4.98 Å². The van der Waals surface area contributed by atoms with E-state index in [4.69, 9.17) is 27.6 Å². The van der Waals surface area contributed by atoms with E-state index in [0.29, 0.717) is 10.6 Å². The minimum absolute atomic E-state index is 0.148. The molecule has 0 aliphatic rings. The number of hydrogen-bond donors (Lipinski definition) is 0. The molecule has 0 amide bonds. The zero-order chi connectivity index (χ0) is 8.72. The fourth-order valence-corrected chi connectivity index (χ4v) is 1.56. The highest BCUT2D eigenvalue weighted by Crippen LogP contribution is 2.25. The molecule has 12 heavy (non-hydrogen) atoms. The molecule has 0 bridgehead atoms. The van der Waals surface area contributed by atoms with Gasteiger partial charge in [-0.25, -0.2) is 0 Å². The van der Waals surface area contributed by atoms with Crippen LogP contribution in [0.25, 0.3) is 11.1 Å². The molecule has 0 radical (unpaired) electrons. The van der Waals surface area contributed by atoms with Crippen molar-refractivity contribution in [2.45, 2.75) is 6.92 Å². The van der Waals surface area contributed by atoms with E-state index < -0.39 is 0 Å². The minimum Gasteiger partial charge on any atom is -0.428 e. The summed E-state index contributed by atoms with van der Waals surface area (Å²) >= 11 is 11.4. The van der Waals surface area contributed by atoms with Crippen LogP contribution >= 0.6 is 23.2 Å². The lowest BCUT2D eigenvalue weighted by atomic mass is 10.2. The van der Waals surface area contributed by atoms with Crippen LogP contribution in [-0.4, -0.2) is 4.98 Å². The Labute approximate surface area is 79.1 Å². The normalized spacial score (nSPS) is 10.9. The quantitative estimate of drug-likeness (QED) is 0.653. The third kappa shape index (κ3) is 1.17. The van der Waals surface area contributed by atoms with E-state index in [0.717, 1.165) is 11.1 Å². The van der Waals surface area contributed by atoms with Gasteiger partial charge < -0.3 is 4.42 Å². The lowest BCUT2D eigenvalue weighted by Crippen LogP contribution is -1.75. The van der Waals surface area contributed by atoms with Gasteiger partial charge in [0.15, 0.2) is 5.58 Å². The van der Waals surface area contributed by atoms with Crippen molar-refractivity contribution in [2.24, 2.45) is 0 Å². The van der Waals surface area contributed by atoms with Crippen LogP contribution < -0.4 is 0 Å². The van der Waals surface area contributed by atoms with Gasteiger partial charge in [0.2, 0.25) is 0 Å². The van der Waals surface area contributed by atoms with Crippen molar-refractivity contribution in [3.63, 3.8) is 0 Å². The Morgan fingerprint density at radius 2 is 2.08 bits per heavy atom. The van der Waals surface area contributed by atoms with Crippen LogP contribution in [0.15, 0.2) is 16.5 Å². The molecule has 62 valence electrons. The SMILES string of the molecule is Cc1cc(Cl)cc2oc(Cl)nc12. The smallest absolute Gasteiger partial charge is 0.293 e. The highest BCUT2D eigenvalue weighted by Gasteiger charge is 2.06. The fraction of sp³-hybridized carbons (Fsp3) is 0.125. The Bertz CT molecular complexity index is 436. The maximum atomic E-state index is 5.80. The van der Waals surface area contributed by atoms with Gasteiger partial charge in [0.05, 0.1) is 0 Å². The van der Waals surface area contributed by atoms with Gasteiger partial charge >= 0.3 is 0 Å². The first kappa shape index (κ1) is 7.90. The number of hydrogen-bond acceptors (Lipinski definition) is 2. The lowest BCUT2D eigenvalue weighted by Gasteiger charge is -1.92. The molecule has 2 aromatic rings. The van der Waals surface area contributed by atoms with Crippen molar-refractivity contribution in [3.05, 3.63) is 28.1 Å². The molecule has 4 heteroatoms. The number of benzene rings is 1. The number of aromatic nitrogens is 1. The largest absolute Gasteiger partial charge is 0.428 e. The van der Waals surface area contributed by atoms with Crippen LogP contribution in [-0.2, 0) is 0 Å². The van der Waals surface area contributed by atoms with Crippen LogP contribution in [0, 0.1) is 6.92 Å². The summed E-state index contributed by atoms with van der Waals surface area (Å²) < 4.78 is 5.10. The van der Waals surface area contributed by atoms with Gasteiger partial charge in [0, 0.05) is 11.1 Å². The average Bonchev–Trinajstić information content (AvgIpc) is 2.29. The zero-order valence-corrected chi connectivity index (χ0v) is 7.78. The molecular weight excluding hydrogens is 197 g/mol. The summed E-state index contributed by atoms with van der Waals surface area (Å²) in [6, 6.07) is 3.52.